The molecule has 0 radical (unpaired) electrons. The van der Waals surface area contributed by atoms with Crippen LogP contribution < -0.4 is 9.13 Å². The lowest BCUT2D eigenvalue weighted by Crippen LogP contribution is -2.59. The van der Waals surface area contributed by atoms with Crippen molar-refractivity contribution < 1.29 is 9.13 Å². The van der Waals surface area contributed by atoms with Gasteiger partial charge in [-0.25, -0.2) is 0 Å². The monoisotopic (exact) mass is 645 g/mol. The number of hydrogen-bond donors (Lipinski definition) is 0. The van der Waals surface area contributed by atoms with E-state index in [0.717, 1.165) is 6.42 Å². The summed E-state index contributed by atoms with van der Waals surface area (Å²) >= 11 is 0. The van der Waals surface area contributed by atoms with Crippen LogP contribution >= 0.6 is 0 Å². The molecule has 240 valence electrons. The number of rotatable bonds is 1. The van der Waals surface area contributed by atoms with E-state index in [1.54, 1.807) is 5.57 Å². The van der Waals surface area contributed by atoms with E-state index in [9.17, 15) is 0 Å². The van der Waals surface area contributed by atoms with Crippen molar-refractivity contribution in [3.05, 3.63) is 155 Å². The first-order valence-electron chi connectivity index (χ1n) is 18.1. The summed E-state index contributed by atoms with van der Waals surface area (Å²) in [4.78, 5) is 0. The molecule has 2 unspecified atom stereocenters. The third-order valence-corrected chi connectivity index (χ3v) is 12.5. The molecule has 7 aromatic rings. The standard InChI is InChI=1S/C47H39N3/c1-28-17-19-40-34-14-8-9-15-35(34)43-39-23-33-24-42-38(36-16-10-13-31-21-22-47(3,4)29(2)50(42)44(31)36)25-37(33)41-20-18-32(30-11-6-5-7-12-30)27-49(41)45(39)46(43)48(40)26-28/h5-22,24-27,29,43,46H,23H2,1-4H3/q+2/t29-,43?,46?/m1/s1. The first-order chi connectivity index (χ1) is 24.4. The summed E-state index contributed by atoms with van der Waals surface area (Å²) in [6, 6.07) is 41.8. The van der Waals surface area contributed by atoms with Crippen LogP contribution in [0.3, 0.4) is 0 Å². The lowest BCUT2D eigenvalue weighted by molar-refractivity contribution is -0.732. The van der Waals surface area contributed by atoms with Crippen molar-refractivity contribution in [3.63, 3.8) is 0 Å². The van der Waals surface area contributed by atoms with E-state index in [-0.39, 0.29) is 11.5 Å². The lowest BCUT2D eigenvalue weighted by Gasteiger charge is -2.38. The number of fused-ring (bicyclic) bond motifs is 15. The average molecular weight is 646 g/mol. The molecule has 4 aliphatic rings. The summed E-state index contributed by atoms with van der Waals surface area (Å²) in [5, 5.41) is 2.69. The van der Waals surface area contributed by atoms with Crippen LogP contribution in [0.1, 0.15) is 61.0 Å². The smallest absolute Gasteiger partial charge is 0.257 e. The zero-order valence-corrected chi connectivity index (χ0v) is 29.0. The predicted octanol–water partition coefficient (Wildman–Crippen LogP) is 10.4. The van der Waals surface area contributed by atoms with Gasteiger partial charge in [0.2, 0.25) is 11.4 Å². The van der Waals surface area contributed by atoms with Gasteiger partial charge in [-0.05, 0) is 66.4 Å². The van der Waals surface area contributed by atoms with Crippen LogP contribution in [0.15, 0.2) is 133 Å². The van der Waals surface area contributed by atoms with Crippen LogP contribution in [0.2, 0.25) is 0 Å². The zero-order chi connectivity index (χ0) is 33.5. The number of pyridine rings is 2. The largest absolute Gasteiger partial charge is 0.336 e. The van der Waals surface area contributed by atoms with Crippen LogP contribution in [0.5, 0.6) is 0 Å². The summed E-state index contributed by atoms with van der Waals surface area (Å²) in [5.74, 6) is 0.324. The summed E-state index contributed by atoms with van der Waals surface area (Å²) in [5.41, 5.74) is 18.9. The van der Waals surface area contributed by atoms with Crippen molar-refractivity contribution in [2.45, 2.75) is 52.1 Å². The fourth-order valence-corrected chi connectivity index (χ4v) is 9.68. The number of aromatic nitrogens is 3. The number of aryl methyl sites for hydroxylation is 1. The molecule has 0 bridgehead atoms. The van der Waals surface area contributed by atoms with Crippen LogP contribution in [0.4, 0.5) is 0 Å². The Hall–Kier alpha value is -5.54. The molecule has 0 N–H and O–H groups in total. The van der Waals surface area contributed by atoms with E-state index in [1.807, 2.05) is 0 Å². The van der Waals surface area contributed by atoms with E-state index in [1.165, 1.54) is 83.4 Å². The Morgan fingerprint density at radius 2 is 1.56 bits per heavy atom. The Morgan fingerprint density at radius 3 is 2.44 bits per heavy atom. The molecule has 0 saturated carbocycles. The Balaban J connectivity index is 1.23. The fourth-order valence-electron chi connectivity index (χ4n) is 9.68. The maximum Gasteiger partial charge on any atom is 0.257 e. The molecule has 3 aromatic heterocycles. The molecule has 50 heavy (non-hydrogen) atoms. The van der Waals surface area contributed by atoms with Gasteiger partial charge in [-0.15, -0.1) is 0 Å². The predicted molar refractivity (Wildman–Crippen MR) is 204 cm³/mol. The van der Waals surface area contributed by atoms with Gasteiger partial charge >= 0.3 is 0 Å². The molecular formula is C47H39N3+2. The van der Waals surface area contributed by atoms with E-state index in [2.05, 4.69) is 175 Å². The molecule has 0 saturated heterocycles. The summed E-state index contributed by atoms with van der Waals surface area (Å²) < 4.78 is 7.81. The first-order valence-corrected chi connectivity index (χ1v) is 18.1. The van der Waals surface area contributed by atoms with Gasteiger partial charge in [-0.3, -0.25) is 0 Å². The van der Waals surface area contributed by atoms with E-state index < -0.39 is 0 Å². The Kier molecular flexibility index (Phi) is 5.54. The Labute approximate surface area is 293 Å². The van der Waals surface area contributed by atoms with Crippen LogP contribution in [-0.2, 0) is 6.42 Å². The first kappa shape index (κ1) is 28.3. The molecule has 11 rings (SSSR count). The van der Waals surface area contributed by atoms with E-state index >= 15 is 0 Å². The Bertz CT molecular complexity index is 2690. The highest BCUT2D eigenvalue weighted by Crippen LogP contribution is 2.57. The third-order valence-electron chi connectivity index (χ3n) is 12.5. The number of benzene rings is 4. The van der Waals surface area contributed by atoms with Crippen LogP contribution in [0.25, 0.3) is 67.2 Å². The maximum absolute atomic E-state index is 2.65. The second-order valence-corrected chi connectivity index (χ2v) is 15.6. The fraction of sp³-hybridized carbons (Fsp3) is 0.191. The van der Waals surface area contributed by atoms with Crippen molar-refractivity contribution in [2.75, 3.05) is 0 Å². The molecule has 3 nitrogen and oxygen atoms in total. The number of hydrogen-bond acceptors (Lipinski definition) is 0. The Morgan fingerprint density at radius 1 is 0.740 bits per heavy atom. The normalized spacial score (nSPS) is 20.5. The minimum atomic E-state index is 0.0203. The van der Waals surface area contributed by atoms with Crippen molar-refractivity contribution in [2.24, 2.45) is 5.41 Å². The lowest BCUT2D eigenvalue weighted by atomic mass is 9.66. The third kappa shape index (κ3) is 3.65. The molecule has 0 fully saturated rings. The molecule has 3 aliphatic heterocycles. The van der Waals surface area contributed by atoms with Crippen molar-refractivity contribution in [1.29, 1.82) is 0 Å². The van der Waals surface area contributed by atoms with Gasteiger partial charge in [-0.1, -0.05) is 92.7 Å². The van der Waals surface area contributed by atoms with Crippen LogP contribution in [-0.4, -0.2) is 4.57 Å². The molecule has 3 heteroatoms. The number of para-hydroxylation sites is 1. The number of allylic oxidation sites excluding steroid dienone is 3. The van der Waals surface area contributed by atoms with Gasteiger partial charge in [-0.2, -0.15) is 9.13 Å². The second-order valence-electron chi connectivity index (χ2n) is 15.6. The maximum atomic E-state index is 2.65. The van der Waals surface area contributed by atoms with Gasteiger partial charge < -0.3 is 4.57 Å². The topological polar surface area (TPSA) is 12.7 Å². The quantitative estimate of drug-likeness (QED) is 0.158. The highest BCUT2D eigenvalue weighted by atomic mass is 15.1. The van der Waals surface area contributed by atoms with Crippen molar-refractivity contribution in [3.8, 4) is 33.6 Å². The highest BCUT2D eigenvalue weighted by Gasteiger charge is 2.59. The summed E-state index contributed by atoms with van der Waals surface area (Å²) in [7, 11) is 0. The van der Waals surface area contributed by atoms with Crippen molar-refractivity contribution >= 4 is 33.6 Å². The second kappa shape index (κ2) is 9.79. The SMILES string of the molecule is Cc1ccc2[n+](c1)C1C3=C(Cc4cc5c(cc4-c4ccc(-c6ccccc6)c[n+]43)c3cccc4c3n5[C@H](C)C(C)(C)C=C4)C1c1ccccc1-2. The molecule has 3 atom stereocenters. The highest BCUT2D eigenvalue weighted by molar-refractivity contribution is 6.12. The van der Waals surface area contributed by atoms with Crippen LogP contribution in [0, 0.1) is 12.3 Å². The molecule has 4 aromatic carbocycles. The molecule has 6 heterocycles. The van der Waals surface area contributed by atoms with Gasteiger partial charge in [0.1, 0.15) is 0 Å². The van der Waals surface area contributed by atoms with Gasteiger partial charge in [0, 0.05) is 63.0 Å². The van der Waals surface area contributed by atoms with Gasteiger partial charge in [0.05, 0.1) is 22.6 Å². The van der Waals surface area contributed by atoms with E-state index in [0.29, 0.717) is 12.0 Å². The minimum Gasteiger partial charge on any atom is -0.336 e. The van der Waals surface area contributed by atoms with Gasteiger partial charge in [0.25, 0.3) is 11.7 Å². The zero-order valence-electron chi connectivity index (χ0n) is 29.0. The molecule has 1 aliphatic carbocycles. The van der Waals surface area contributed by atoms with Gasteiger partial charge in [0.15, 0.2) is 12.4 Å². The number of nitrogens with zero attached hydrogens (tertiary/aromatic N) is 3. The van der Waals surface area contributed by atoms with E-state index in [4.69, 9.17) is 0 Å². The average Bonchev–Trinajstić information content (AvgIpc) is 3.34. The molecule has 0 spiro atoms. The van der Waals surface area contributed by atoms with Crippen molar-refractivity contribution in [1.82, 2.24) is 4.57 Å². The summed E-state index contributed by atoms with van der Waals surface area (Å²) in [6.07, 6.45) is 10.5. The molecular weight excluding hydrogens is 607 g/mol. The molecule has 0 amide bonds. The minimum absolute atomic E-state index is 0.0203. The summed E-state index contributed by atoms with van der Waals surface area (Å²) in [6.45, 7) is 9.38.